The molecule has 8 N–H and O–H groups in total. The van der Waals surface area contributed by atoms with Gasteiger partial charge < -0.3 is 36.8 Å². The van der Waals surface area contributed by atoms with Gasteiger partial charge in [-0.1, -0.05) is 30.3 Å². The molecule has 1 fully saturated rings. The molecule has 1 aromatic carbocycles. The lowest BCUT2D eigenvalue weighted by Gasteiger charge is -2.32. The summed E-state index contributed by atoms with van der Waals surface area (Å²) in [5.41, 5.74) is 6.14. The third-order valence-electron chi connectivity index (χ3n) is 6.41. The number of carboxylic acid groups (broad SMARTS) is 2. The molecule has 1 aromatic rings. The molecule has 13 heteroatoms. The van der Waals surface area contributed by atoms with E-state index in [4.69, 9.17) is 11.1 Å². The lowest BCUT2D eigenvalue weighted by Crippen LogP contribution is -2.56. The SMILES string of the molecule is C[C@H](NC(=O)CCC1CCN(C(=N)N)CC1)C(=O)N[C@@H](CC(=O)O)C(=O)N[C@@H](Cc1ccccc1)C(=O)O. The number of piperidine rings is 1. The van der Waals surface area contributed by atoms with Crippen molar-refractivity contribution in [2.45, 2.75) is 63.6 Å². The number of carbonyl (C=O) groups excluding carboxylic acids is 3. The fraction of sp³-hybridized carbons (Fsp3) is 0.520. The molecule has 13 nitrogen and oxygen atoms in total. The van der Waals surface area contributed by atoms with Crippen LogP contribution in [0.5, 0.6) is 0 Å². The minimum absolute atomic E-state index is 0.0319. The van der Waals surface area contributed by atoms with Crippen LogP contribution in [0.3, 0.4) is 0 Å². The molecule has 0 radical (unpaired) electrons. The van der Waals surface area contributed by atoms with Crippen LogP contribution in [0.2, 0.25) is 0 Å². The molecule has 0 aromatic heterocycles. The number of hydrogen-bond donors (Lipinski definition) is 7. The molecule has 0 aliphatic carbocycles. The number of guanidine groups is 1. The second-order valence-electron chi connectivity index (χ2n) is 9.39. The number of aliphatic carboxylic acids is 2. The molecule has 0 unspecified atom stereocenters. The zero-order valence-electron chi connectivity index (χ0n) is 21.3. The summed E-state index contributed by atoms with van der Waals surface area (Å²) in [6, 6.07) is 4.66. The van der Waals surface area contributed by atoms with Crippen molar-refractivity contribution in [3.63, 3.8) is 0 Å². The molecular formula is C25H36N6O7. The normalized spacial score (nSPS) is 16.0. The van der Waals surface area contributed by atoms with Gasteiger partial charge in [-0.05, 0) is 37.7 Å². The Morgan fingerprint density at radius 3 is 2.16 bits per heavy atom. The molecule has 0 spiro atoms. The molecule has 1 heterocycles. The molecule has 0 saturated carbocycles. The zero-order valence-corrected chi connectivity index (χ0v) is 21.3. The number of rotatable bonds is 13. The van der Waals surface area contributed by atoms with E-state index < -0.39 is 48.3 Å². The summed E-state index contributed by atoms with van der Waals surface area (Å²) in [5.74, 6) is -4.45. The maximum absolute atomic E-state index is 12.7. The molecule has 1 saturated heterocycles. The maximum atomic E-state index is 12.7. The van der Waals surface area contributed by atoms with Crippen molar-refractivity contribution < 1.29 is 34.2 Å². The topological polar surface area (TPSA) is 215 Å². The Bertz CT molecular complexity index is 1010. The molecule has 1 aliphatic rings. The average Bonchev–Trinajstić information content (AvgIpc) is 2.87. The molecule has 0 bridgehead atoms. The Morgan fingerprint density at radius 1 is 1.00 bits per heavy atom. The number of amides is 3. The molecular weight excluding hydrogens is 496 g/mol. The Kier molecular flexibility index (Phi) is 11.5. The number of nitrogens with two attached hydrogens (primary N) is 1. The summed E-state index contributed by atoms with van der Waals surface area (Å²) in [6.45, 7) is 2.72. The first-order valence-corrected chi connectivity index (χ1v) is 12.4. The fourth-order valence-corrected chi connectivity index (χ4v) is 4.18. The summed E-state index contributed by atoms with van der Waals surface area (Å²) >= 11 is 0. The molecule has 38 heavy (non-hydrogen) atoms. The van der Waals surface area contributed by atoms with E-state index in [0.29, 0.717) is 31.0 Å². The van der Waals surface area contributed by atoms with Crippen molar-refractivity contribution >= 4 is 35.6 Å². The lowest BCUT2D eigenvalue weighted by atomic mass is 9.92. The highest BCUT2D eigenvalue weighted by molar-refractivity contribution is 5.95. The Morgan fingerprint density at radius 2 is 1.61 bits per heavy atom. The van der Waals surface area contributed by atoms with E-state index in [1.165, 1.54) is 6.92 Å². The first-order chi connectivity index (χ1) is 18.0. The highest BCUT2D eigenvalue weighted by atomic mass is 16.4. The van der Waals surface area contributed by atoms with Gasteiger partial charge in [-0.25, -0.2) is 4.79 Å². The van der Waals surface area contributed by atoms with E-state index in [9.17, 15) is 34.2 Å². The number of hydrogen-bond acceptors (Lipinski definition) is 6. The molecule has 3 atom stereocenters. The second kappa shape index (κ2) is 14.5. The third kappa shape index (κ3) is 10.1. The minimum Gasteiger partial charge on any atom is -0.481 e. The van der Waals surface area contributed by atoms with Crippen molar-refractivity contribution in [2.24, 2.45) is 11.7 Å². The van der Waals surface area contributed by atoms with Crippen LogP contribution < -0.4 is 21.7 Å². The van der Waals surface area contributed by atoms with Gasteiger partial charge in [0, 0.05) is 25.9 Å². The zero-order chi connectivity index (χ0) is 28.2. The van der Waals surface area contributed by atoms with E-state index in [0.717, 1.165) is 12.8 Å². The van der Waals surface area contributed by atoms with Gasteiger partial charge in [0.25, 0.3) is 0 Å². The Labute approximate surface area is 220 Å². The van der Waals surface area contributed by atoms with Crippen molar-refractivity contribution in [1.82, 2.24) is 20.9 Å². The number of likely N-dealkylation sites (tertiary alicyclic amines) is 1. The second-order valence-corrected chi connectivity index (χ2v) is 9.39. The van der Waals surface area contributed by atoms with Crippen LogP contribution in [0, 0.1) is 11.3 Å². The van der Waals surface area contributed by atoms with Crippen LogP contribution in [0.1, 0.15) is 44.6 Å². The first-order valence-electron chi connectivity index (χ1n) is 12.4. The molecule has 3 amide bonds. The van der Waals surface area contributed by atoms with Gasteiger partial charge in [0.1, 0.15) is 18.1 Å². The first kappa shape index (κ1) is 30.1. The summed E-state index contributed by atoms with van der Waals surface area (Å²) in [5, 5.41) is 33.3. The van der Waals surface area contributed by atoms with E-state index in [2.05, 4.69) is 16.0 Å². The summed E-state index contributed by atoms with van der Waals surface area (Å²) < 4.78 is 0. The van der Waals surface area contributed by atoms with Crippen molar-refractivity contribution in [3.05, 3.63) is 35.9 Å². The summed E-state index contributed by atoms with van der Waals surface area (Å²) in [4.78, 5) is 62.5. The number of nitrogens with zero attached hydrogens (tertiary/aromatic N) is 1. The van der Waals surface area contributed by atoms with Gasteiger partial charge >= 0.3 is 11.9 Å². The van der Waals surface area contributed by atoms with Crippen molar-refractivity contribution in [2.75, 3.05) is 13.1 Å². The maximum Gasteiger partial charge on any atom is 0.326 e. The van der Waals surface area contributed by atoms with Crippen LogP contribution in [-0.4, -0.2) is 81.9 Å². The highest BCUT2D eigenvalue weighted by Gasteiger charge is 2.30. The van der Waals surface area contributed by atoms with Gasteiger partial charge in [0.05, 0.1) is 6.42 Å². The monoisotopic (exact) mass is 532 g/mol. The fourth-order valence-electron chi connectivity index (χ4n) is 4.18. The Hall–Kier alpha value is -4.16. The van der Waals surface area contributed by atoms with Crippen LogP contribution in [-0.2, 0) is 30.4 Å². The standard InChI is InChI=1S/C25H36N6O7/c1-15(28-20(32)8-7-16-9-11-31(12-10-16)25(26)27)22(35)29-18(14-21(33)34)23(36)30-19(24(37)38)13-17-5-3-2-4-6-17/h2-6,15-16,18-19H,7-14H2,1H3,(H3,26,27)(H,28,32)(H,29,35)(H,30,36)(H,33,34)(H,37,38)/t15-,18-,19-/m0/s1. The van der Waals surface area contributed by atoms with Gasteiger partial charge in [0.15, 0.2) is 5.96 Å². The highest BCUT2D eigenvalue weighted by Crippen LogP contribution is 2.21. The molecule has 208 valence electrons. The minimum atomic E-state index is -1.54. The number of nitrogens with one attached hydrogen (secondary N) is 4. The van der Waals surface area contributed by atoms with Gasteiger partial charge in [0.2, 0.25) is 17.7 Å². The van der Waals surface area contributed by atoms with E-state index >= 15 is 0 Å². The van der Waals surface area contributed by atoms with Crippen LogP contribution in [0.25, 0.3) is 0 Å². The third-order valence-corrected chi connectivity index (χ3v) is 6.41. The summed E-state index contributed by atoms with van der Waals surface area (Å²) in [7, 11) is 0. The van der Waals surface area contributed by atoms with Crippen molar-refractivity contribution in [1.29, 1.82) is 5.41 Å². The largest absolute Gasteiger partial charge is 0.481 e. The molecule has 2 rings (SSSR count). The van der Waals surface area contributed by atoms with E-state index in [-0.39, 0.29) is 24.7 Å². The van der Waals surface area contributed by atoms with Crippen LogP contribution in [0.4, 0.5) is 0 Å². The summed E-state index contributed by atoms with van der Waals surface area (Å²) in [6.07, 6.45) is 1.59. The van der Waals surface area contributed by atoms with Crippen LogP contribution >= 0.6 is 0 Å². The smallest absolute Gasteiger partial charge is 0.326 e. The number of benzene rings is 1. The van der Waals surface area contributed by atoms with Crippen LogP contribution in [0.15, 0.2) is 30.3 Å². The van der Waals surface area contributed by atoms with Gasteiger partial charge in [-0.15, -0.1) is 0 Å². The van der Waals surface area contributed by atoms with E-state index in [1.54, 1.807) is 35.2 Å². The predicted molar refractivity (Wildman–Crippen MR) is 137 cm³/mol. The molecule has 1 aliphatic heterocycles. The van der Waals surface area contributed by atoms with Gasteiger partial charge in [-0.2, -0.15) is 0 Å². The Balaban J connectivity index is 1.88. The quantitative estimate of drug-likeness (QED) is 0.130. The van der Waals surface area contributed by atoms with Crippen molar-refractivity contribution in [3.8, 4) is 0 Å². The van der Waals surface area contributed by atoms with E-state index in [1.807, 2.05) is 0 Å². The predicted octanol–water partition coefficient (Wildman–Crippen LogP) is -0.352. The number of carboxylic acids is 2. The van der Waals surface area contributed by atoms with Gasteiger partial charge in [-0.3, -0.25) is 24.6 Å². The lowest BCUT2D eigenvalue weighted by molar-refractivity contribution is -0.143. The average molecular weight is 533 g/mol. The number of carbonyl (C=O) groups is 5.